The molecule has 31 heavy (non-hydrogen) atoms. The molecule has 0 saturated heterocycles. The number of aromatic nitrogens is 2. The van der Waals surface area contributed by atoms with Gasteiger partial charge in [0.2, 0.25) is 0 Å². The Bertz CT molecular complexity index is 1240. The fraction of sp³-hybridized carbons (Fsp3) is 0.182. The molecule has 1 N–H and O–H groups in total. The number of carbonyl (C=O) groups is 1. The first-order valence-electron chi connectivity index (χ1n) is 9.28. The molecule has 0 saturated carbocycles. The summed E-state index contributed by atoms with van der Waals surface area (Å²) in [7, 11) is 0. The summed E-state index contributed by atoms with van der Waals surface area (Å²) in [6.45, 7) is 1.93. The van der Waals surface area contributed by atoms with Gasteiger partial charge in [0, 0.05) is 17.8 Å². The van der Waals surface area contributed by atoms with Gasteiger partial charge in [-0.15, -0.1) is 11.3 Å². The fourth-order valence-electron chi connectivity index (χ4n) is 3.17. The van der Waals surface area contributed by atoms with Crippen LogP contribution in [0.5, 0.6) is 5.75 Å². The average molecular weight is 446 g/mol. The van der Waals surface area contributed by atoms with Crippen LogP contribution in [0.2, 0.25) is 0 Å². The lowest BCUT2D eigenvalue weighted by Crippen LogP contribution is -2.07. The number of alkyl halides is 3. The maximum absolute atomic E-state index is 12.8. The third kappa shape index (κ3) is 4.56. The number of rotatable bonds is 6. The summed E-state index contributed by atoms with van der Waals surface area (Å²) in [5.41, 5.74) is 1.41. The molecule has 0 fully saturated rings. The molecule has 2 aromatic carbocycles. The zero-order valence-electron chi connectivity index (χ0n) is 16.3. The van der Waals surface area contributed by atoms with Crippen LogP contribution in [0.3, 0.4) is 0 Å². The summed E-state index contributed by atoms with van der Waals surface area (Å²) < 4.78 is 45.8. The van der Waals surface area contributed by atoms with Gasteiger partial charge in [-0.05, 0) is 42.6 Å². The Balaban J connectivity index is 1.51. The van der Waals surface area contributed by atoms with E-state index in [1.807, 2.05) is 19.1 Å². The van der Waals surface area contributed by atoms with Crippen LogP contribution in [-0.2, 0) is 24.1 Å². The Kier molecular flexibility index (Phi) is 5.45. The normalized spacial score (nSPS) is 11.7. The van der Waals surface area contributed by atoms with Gasteiger partial charge in [-0.2, -0.15) is 13.2 Å². The van der Waals surface area contributed by atoms with Gasteiger partial charge in [-0.25, -0.2) is 4.98 Å². The standard InChI is InChI=1S/C22H17F3N2O3S/c1-13-19(31-21(26-13)15-2-5-16(6-3-15)22(23,24)25)12-30-17-7-4-14-8-9-27(11-20(28)29)18(14)10-17/h2-10H,11-12H2,1H3,(H,28,29). The molecule has 0 unspecified atom stereocenters. The van der Waals surface area contributed by atoms with Crippen molar-refractivity contribution in [2.75, 3.05) is 0 Å². The van der Waals surface area contributed by atoms with Crippen LogP contribution >= 0.6 is 11.3 Å². The van der Waals surface area contributed by atoms with E-state index in [-0.39, 0.29) is 13.2 Å². The minimum Gasteiger partial charge on any atom is -0.488 e. The number of nitrogens with zero attached hydrogens (tertiary/aromatic N) is 2. The monoisotopic (exact) mass is 446 g/mol. The van der Waals surface area contributed by atoms with Gasteiger partial charge in [0.15, 0.2) is 0 Å². The molecule has 4 aromatic rings. The number of carboxylic acids is 1. The van der Waals surface area contributed by atoms with Crippen molar-refractivity contribution < 1.29 is 27.8 Å². The lowest BCUT2D eigenvalue weighted by atomic mass is 10.1. The van der Waals surface area contributed by atoms with Gasteiger partial charge in [0.25, 0.3) is 0 Å². The quantitative estimate of drug-likeness (QED) is 0.409. The second-order valence-electron chi connectivity index (χ2n) is 6.95. The lowest BCUT2D eigenvalue weighted by molar-refractivity contribution is -0.138. The molecule has 4 rings (SSSR count). The summed E-state index contributed by atoms with van der Waals surface area (Å²) in [6.07, 6.45) is -2.66. The van der Waals surface area contributed by atoms with Crippen molar-refractivity contribution in [3.8, 4) is 16.3 Å². The zero-order chi connectivity index (χ0) is 22.2. The van der Waals surface area contributed by atoms with E-state index in [1.54, 1.807) is 22.9 Å². The van der Waals surface area contributed by atoms with Crippen molar-refractivity contribution in [2.24, 2.45) is 0 Å². The molecule has 0 aliphatic heterocycles. The Morgan fingerprint density at radius 3 is 2.58 bits per heavy atom. The van der Waals surface area contributed by atoms with Crippen LogP contribution in [0.15, 0.2) is 54.7 Å². The number of halogens is 3. The number of fused-ring (bicyclic) bond motifs is 1. The fourth-order valence-corrected chi connectivity index (χ4v) is 4.15. The van der Waals surface area contributed by atoms with Crippen molar-refractivity contribution >= 4 is 28.2 Å². The van der Waals surface area contributed by atoms with Crippen LogP contribution < -0.4 is 4.74 Å². The zero-order valence-corrected chi connectivity index (χ0v) is 17.1. The molecule has 0 radical (unpaired) electrons. The van der Waals surface area contributed by atoms with Gasteiger partial charge < -0.3 is 14.4 Å². The number of thiazole rings is 1. The number of benzene rings is 2. The molecule has 2 aromatic heterocycles. The third-order valence-corrected chi connectivity index (χ3v) is 5.95. The highest BCUT2D eigenvalue weighted by Crippen LogP contribution is 2.33. The Morgan fingerprint density at radius 1 is 1.16 bits per heavy atom. The first kappa shape index (κ1) is 20.9. The van der Waals surface area contributed by atoms with E-state index in [0.29, 0.717) is 16.3 Å². The van der Waals surface area contributed by atoms with E-state index in [9.17, 15) is 18.0 Å². The van der Waals surface area contributed by atoms with Crippen molar-refractivity contribution in [2.45, 2.75) is 26.3 Å². The summed E-state index contributed by atoms with van der Waals surface area (Å²) in [4.78, 5) is 16.3. The molecule has 0 aliphatic rings. The summed E-state index contributed by atoms with van der Waals surface area (Å²) >= 11 is 1.36. The van der Waals surface area contributed by atoms with Gasteiger partial charge in [0.1, 0.15) is 23.9 Å². The minimum absolute atomic E-state index is 0.141. The Labute approximate surface area is 179 Å². The van der Waals surface area contributed by atoms with Gasteiger partial charge in [-0.1, -0.05) is 12.1 Å². The number of hydrogen-bond acceptors (Lipinski definition) is 4. The molecule has 5 nitrogen and oxygen atoms in total. The predicted molar refractivity (Wildman–Crippen MR) is 111 cm³/mol. The molecule has 0 aliphatic carbocycles. The molecular formula is C22H17F3N2O3S. The third-order valence-electron chi connectivity index (χ3n) is 4.77. The second-order valence-corrected chi connectivity index (χ2v) is 8.03. The topological polar surface area (TPSA) is 64.4 Å². The van der Waals surface area contributed by atoms with Gasteiger partial charge in [-0.3, -0.25) is 4.79 Å². The average Bonchev–Trinajstić information content (AvgIpc) is 3.28. The smallest absolute Gasteiger partial charge is 0.416 e. The van der Waals surface area contributed by atoms with Crippen LogP contribution in [0.4, 0.5) is 13.2 Å². The Morgan fingerprint density at radius 2 is 1.90 bits per heavy atom. The number of carboxylic acid groups (broad SMARTS) is 1. The number of hydrogen-bond donors (Lipinski definition) is 1. The number of aryl methyl sites for hydroxylation is 1. The van der Waals surface area contributed by atoms with E-state index in [2.05, 4.69) is 4.98 Å². The van der Waals surface area contributed by atoms with Crippen molar-refractivity contribution in [3.05, 3.63) is 70.9 Å². The van der Waals surface area contributed by atoms with Crippen LogP contribution in [-0.4, -0.2) is 20.6 Å². The summed E-state index contributed by atoms with van der Waals surface area (Å²) in [5.74, 6) is -0.346. The van der Waals surface area contributed by atoms with Crippen LogP contribution in [0, 0.1) is 6.92 Å². The van der Waals surface area contributed by atoms with E-state index >= 15 is 0 Å². The van der Waals surface area contributed by atoms with Crippen LogP contribution in [0.25, 0.3) is 21.5 Å². The summed E-state index contributed by atoms with van der Waals surface area (Å²) in [6, 6.07) is 12.2. The molecule has 9 heteroatoms. The van der Waals surface area contributed by atoms with E-state index < -0.39 is 17.7 Å². The highest BCUT2D eigenvalue weighted by atomic mass is 32.1. The van der Waals surface area contributed by atoms with Crippen molar-refractivity contribution in [1.29, 1.82) is 0 Å². The predicted octanol–water partition coefficient (Wildman–Crippen LogP) is 5.76. The molecular weight excluding hydrogens is 429 g/mol. The highest BCUT2D eigenvalue weighted by Gasteiger charge is 2.30. The molecule has 0 amide bonds. The molecule has 0 bridgehead atoms. The Hall–Kier alpha value is -3.33. The first-order valence-corrected chi connectivity index (χ1v) is 10.1. The maximum Gasteiger partial charge on any atom is 0.416 e. The van der Waals surface area contributed by atoms with Crippen molar-refractivity contribution in [3.63, 3.8) is 0 Å². The van der Waals surface area contributed by atoms with Crippen LogP contribution in [0.1, 0.15) is 16.1 Å². The lowest BCUT2D eigenvalue weighted by Gasteiger charge is -2.07. The number of aliphatic carboxylic acids is 1. The molecule has 0 spiro atoms. The molecule has 160 valence electrons. The van der Waals surface area contributed by atoms with E-state index in [0.717, 1.165) is 33.6 Å². The second kappa shape index (κ2) is 8.07. The van der Waals surface area contributed by atoms with E-state index in [4.69, 9.17) is 9.84 Å². The summed E-state index contributed by atoms with van der Waals surface area (Å²) in [5, 5.41) is 10.6. The first-order chi connectivity index (χ1) is 14.7. The maximum atomic E-state index is 12.8. The van der Waals surface area contributed by atoms with E-state index in [1.165, 1.54) is 23.5 Å². The van der Waals surface area contributed by atoms with Gasteiger partial charge >= 0.3 is 12.1 Å². The highest BCUT2D eigenvalue weighted by molar-refractivity contribution is 7.15. The number of ether oxygens (including phenoxy) is 1. The largest absolute Gasteiger partial charge is 0.488 e. The van der Waals surface area contributed by atoms with Gasteiger partial charge in [0.05, 0.1) is 21.7 Å². The van der Waals surface area contributed by atoms with Crippen molar-refractivity contribution in [1.82, 2.24) is 9.55 Å². The SMILES string of the molecule is Cc1nc(-c2ccc(C(F)(F)F)cc2)sc1COc1ccc2ccn(CC(=O)O)c2c1. The molecule has 2 heterocycles. The molecule has 0 atom stereocenters. The minimum atomic E-state index is -4.37.